The second kappa shape index (κ2) is 7.17. The molecule has 6 heteroatoms. The minimum atomic E-state index is -0.323. The summed E-state index contributed by atoms with van der Waals surface area (Å²) in [4.78, 5) is 18.5. The van der Waals surface area contributed by atoms with Crippen LogP contribution < -0.4 is 10.2 Å². The van der Waals surface area contributed by atoms with Crippen LogP contribution in [0, 0.1) is 5.82 Å². The molecule has 0 aliphatic rings. The van der Waals surface area contributed by atoms with Crippen molar-refractivity contribution < 1.29 is 9.18 Å². The largest absolute Gasteiger partial charge is 0.378 e. The molecule has 0 unspecified atom stereocenters. The summed E-state index contributed by atoms with van der Waals surface area (Å²) >= 11 is 0. The van der Waals surface area contributed by atoms with E-state index in [-0.39, 0.29) is 11.7 Å². The van der Waals surface area contributed by atoms with E-state index >= 15 is 0 Å². The third kappa shape index (κ3) is 3.85. The molecule has 25 heavy (non-hydrogen) atoms. The molecule has 2 aromatic carbocycles. The number of amides is 1. The Morgan fingerprint density at radius 3 is 2.68 bits per heavy atom. The van der Waals surface area contributed by atoms with Crippen LogP contribution in [0.5, 0.6) is 0 Å². The lowest BCUT2D eigenvalue weighted by Crippen LogP contribution is -2.25. The first-order chi connectivity index (χ1) is 12.0. The summed E-state index contributed by atoms with van der Waals surface area (Å²) in [7, 11) is 3.94. The average Bonchev–Trinajstić information content (AvgIpc) is 3.10. The van der Waals surface area contributed by atoms with Gasteiger partial charge in [-0.2, -0.15) is 0 Å². The van der Waals surface area contributed by atoms with E-state index in [0.717, 1.165) is 11.3 Å². The molecule has 0 atom stereocenters. The number of imidazole rings is 1. The molecule has 0 radical (unpaired) electrons. The summed E-state index contributed by atoms with van der Waals surface area (Å²) in [6, 6.07) is 13.9. The summed E-state index contributed by atoms with van der Waals surface area (Å²) in [6.07, 6.45) is 3.03. The minimum Gasteiger partial charge on any atom is -0.378 e. The molecule has 0 aliphatic carbocycles. The SMILES string of the molecule is CN(C)c1cccc(CNC(=O)c2cncn2-c2ccc(F)cc2)c1. The van der Waals surface area contributed by atoms with Gasteiger partial charge in [-0.3, -0.25) is 9.36 Å². The first-order valence-electron chi connectivity index (χ1n) is 7.87. The Morgan fingerprint density at radius 1 is 1.20 bits per heavy atom. The molecule has 5 nitrogen and oxygen atoms in total. The summed E-state index contributed by atoms with van der Waals surface area (Å²) in [5.41, 5.74) is 3.16. The first kappa shape index (κ1) is 16.7. The normalized spacial score (nSPS) is 10.5. The van der Waals surface area contributed by atoms with Crippen LogP contribution in [-0.4, -0.2) is 29.6 Å². The van der Waals surface area contributed by atoms with Crippen LogP contribution in [0.2, 0.25) is 0 Å². The smallest absolute Gasteiger partial charge is 0.270 e. The van der Waals surface area contributed by atoms with Gasteiger partial charge in [-0.05, 0) is 42.0 Å². The second-order valence-electron chi connectivity index (χ2n) is 5.87. The molecule has 1 heterocycles. The monoisotopic (exact) mass is 338 g/mol. The van der Waals surface area contributed by atoms with Crippen molar-refractivity contribution in [1.82, 2.24) is 14.9 Å². The van der Waals surface area contributed by atoms with E-state index in [1.54, 1.807) is 16.7 Å². The van der Waals surface area contributed by atoms with Crippen LogP contribution >= 0.6 is 0 Å². The molecule has 3 aromatic rings. The molecule has 1 N–H and O–H groups in total. The van der Waals surface area contributed by atoms with Crippen molar-refractivity contribution in [3.8, 4) is 5.69 Å². The third-order valence-corrected chi connectivity index (χ3v) is 3.86. The molecule has 3 rings (SSSR count). The van der Waals surface area contributed by atoms with Gasteiger partial charge in [-0.1, -0.05) is 12.1 Å². The summed E-state index contributed by atoms with van der Waals surface area (Å²) < 4.78 is 14.7. The lowest BCUT2D eigenvalue weighted by Gasteiger charge is -2.14. The number of nitrogens with one attached hydrogen (secondary N) is 1. The van der Waals surface area contributed by atoms with E-state index in [0.29, 0.717) is 17.9 Å². The summed E-state index contributed by atoms with van der Waals surface area (Å²) in [6.45, 7) is 0.412. The first-order valence-corrected chi connectivity index (χ1v) is 7.87. The zero-order chi connectivity index (χ0) is 17.8. The number of nitrogens with zero attached hydrogens (tertiary/aromatic N) is 3. The van der Waals surface area contributed by atoms with Crippen LogP contribution in [0.1, 0.15) is 16.1 Å². The highest BCUT2D eigenvalue weighted by Crippen LogP contribution is 2.14. The number of aromatic nitrogens is 2. The van der Waals surface area contributed by atoms with Gasteiger partial charge in [0.1, 0.15) is 11.5 Å². The van der Waals surface area contributed by atoms with Gasteiger partial charge in [0.15, 0.2) is 0 Å². The van der Waals surface area contributed by atoms with Gasteiger partial charge in [0.2, 0.25) is 0 Å². The van der Waals surface area contributed by atoms with E-state index in [2.05, 4.69) is 10.3 Å². The van der Waals surface area contributed by atoms with E-state index < -0.39 is 0 Å². The van der Waals surface area contributed by atoms with Gasteiger partial charge >= 0.3 is 0 Å². The lowest BCUT2D eigenvalue weighted by atomic mass is 10.2. The van der Waals surface area contributed by atoms with E-state index in [1.165, 1.54) is 24.7 Å². The van der Waals surface area contributed by atoms with Crippen LogP contribution in [0.25, 0.3) is 5.69 Å². The van der Waals surface area contributed by atoms with Gasteiger partial charge in [0.05, 0.1) is 12.5 Å². The zero-order valence-corrected chi connectivity index (χ0v) is 14.1. The standard InChI is InChI=1S/C19H19FN4O/c1-23(2)17-5-3-4-14(10-17)11-22-19(25)18-12-21-13-24(18)16-8-6-15(20)7-9-16/h3-10,12-13H,11H2,1-2H3,(H,22,25). The Bertz CT molecular complexity index is 871. The van der Waals surface area contributed by atoms with Crippen molar-refractivity contribution in [3.05, 3.63) is 78.1 Å². The molecule has 1 amide bonds. The number of anilines is 1. The fourth-order valence-electron chi connectivity index (χ4n) is 2.49. The fraction of sp³-hybridized carbons (Fsp3) is 0.158. The highest BCUT2D eigenvalue weighted by atomic mass is 19.1. The predicted molar refractivity (Wildman–Crippen MR) is 95.5 cm³/mol. The molecule has 1 aromatic heterocycles. The number of rotatable bonds is 5. The minimum absolute atomic E-state index is 0.239. The molecule has 0 spiro atoms. The van der Waals surface area contributed by atoms with Crippen molar-refractivity contribution in [2.24, 2.45) is 0 Å². The van der Waals surface area contributed by atoms with Gasteiger partial charge in [0.25, 0.3) is 5.91 Å². The Morgan fingerprint density at radius 2 is 1.96 bits per heavy atom. The van der Waals surface area contributed by atoms with E-state index in [4.69, 9.17) is 0 Å². The molecule has 0 aliphatic heterocycles. The van der Waals surface area contributed by atoms with Crippen molar-refractivity contribution >= 4 is 11.6 Å². The van der Waals surface area contributed by atoms with E-state index in [9.17, 15) is 9.18 Å². The molecule has 0 saturated heterocycles. The number of carbonyl (C=O) groups is 1. The summed E-state index contributed by atoms with van der Waals surface area (Å²) in [5, 5.41) is 2.90. The predicted octanol–water partition coefficient (Wildman–Crippen LogP) is 3.01. The third-order valence-electron chi connectivity index (χ3n) is 3.86. The zero-order valence-electron chi connectivity index (χ0n) is 14.1. The molecule has 0 bridgehead atoms. The Labute approximate surface area is 145 Å². The van der Waals surface area contributed by atoms with Gasteiger partial charge in [-0.25, -0.2) is 9.37 Å². The maximum absolute atomic E-state index is 13.1. The Kier molecular flexibility index (Phi) is 4.79. The summed E-state index contributed by atoms with van der Waals surface area (Å²) in [5.74, 6) is -0.562. The maximum Gasteiger partial charge on any atom is 0.270 e. The van der Waals surface area contributed by atoms with Crippen LogP contribution in [0.4, 0.5) is 10.1 Å². The molecule has 0 fully saturated rings. The van der Waals surface area contributed by atoms with Crippen LogP contribution in [-0.2, 0) is 6.54 Å². The quantitative estimate of drug-likeness (QED) is 0.778. The maximum atomic E-state index is 13.1. The second-order valence-corrected chi connectivity index (χ2v) is 5.87. The van der Waals surface area contributed by atoms with Gasteiger partial charge < -0.3 is 10.2 Å². The molecule has 128 valence electrons. The lowest BCUT2D eigenvalue weighted by molar-refractivity contribution is 0.0944. The highest BCUT2D eigenvalue weighted by molar-refractivity contribution is 5.93. The molecular formula is C19H19FN4O. The van der Waals surface area contributed by atoms with Gasteiger partial charge in [-0.15, -0.1) is 0 Å². The number of hydrogen-bond acceptors (Lipinski definition) is 3. The number of hydrogen-bond donors (Lipinski definition) is 1. The number of benzene rings is 2. The number of halogens is 1. The van der Waals surface area contributed by atoms with Crippen molar-refractivity contribution in [2.75, 3.05) is 19.0 Å². The van der Waals surface area contributed by atoms with Gasteiger partial charge in [0, 0.05) is 32.0 Å². The van der Waals surface area contributed by atoms with Crippen molar-refractivity contribution in [2.45, 2.75) is 6.54 Å². The highest BCUT2D eigenvalue weighted by Gasteiger charge is 2.13. The van der Waals surface area contributed by atoms with Crippen LogP contribution in [0.3, 0.4) is 0 Å². The number of carbonyl (C=O) groups excluding carboxylic acids is 1. The fourth-order valence-corrected chi connectivity index (χ4v) is 2.49. The Hall–Kier alpha value is -3.15. The van der Waals surface area contributed by atoms with E-state index in [1.807, 2.05) is 43.3 Å². The molecular weight excluding hydrogens is 319 g/mol. The van der Waals surface area contributed by atoms with Crippen molar-refractivity contribution in [1.29, 1.82) is 0 Å². The molecule has 0 saturated carbocycles. The topological polar surface area (TPSA) is 50.2 Å². The van der Waals surface area contributed by atoms with Crippen molar-refractivity contribution in [3.63, 3.8) is 0 Å². The Balaban J connectivity index is 1.73. The van der Waals surface area contributed by atoms with Crippen LogP contribution in [0.15, 0.2) is 61.1 Å². The average molecular weight is 338 g/mol.